The number of benzene rings is 2. The molecule has 1 aliphatic carbocycles. The molecular weight excluding hydrogens is 494 g/mol. The van der Waals surface area contributed by atoms with Crippen LogP contribution in [-0.4, -0.2) is 64.6 Å². The molecule has 0 bridgehead atoms. The molecule has 2 aromatic rings. The van der Waals surface area contributed by atoms with Gasteiger partial charge in [0.2, 0.25) is 21.8 Å². The van der Waals surface area contributed by atoms with Gasteiger partial charge in [0.1, 0.15) is 11.8 Å². The van der Waals surface area contributed by atoms with E-state index in [0.717, 1.165) is 24.0 Å². The second-order valence-electron chi connectivity index (χ2n) is 9.22. The van der Waals surface area contributed by atoms with E-state index in [-0.39, 0.29) is 35.7 Å². The quantitative estimate of drug-likeness (QED) is 0.342. The zero-order valence-electron chi connectivity index (χ0n) is 21.7. The van der Waals surface area contributed by atoms with Crippen molar-refractivity contribution in [1.82, 2.24) is 14.9 Å². The van der Waals surface area contributed by atoms with E-state index in [1.165, 1.54) is 0 Å². The Hall–Kier alpha value is -2.95. The Morgan fingerprint density at radius 2 is 1.68 bits per heavy atom. The molecule has 202 valence electrons. The average Bonchev–Trinajstić information content (AvgIpc) is 3.71. The molecule has 37 heavy (non-hydrogen) atoms. The third-order valence-corrected chi connectivity index (χ3v) is 7.80. The molecule has 10 heteroatoms. The summed E-state index contributed by atoms with van der Waals surface area (Å²) in [7, 11) is -0.319. The standard InChI is InChI=1S/C27H37N3O6S/c1-20(27(32)28-17-4-18-35-2)30(19-22-5-12-24(36-3)13-6-22)26(31)16-9-21-7-14-25(15-8-21)37(33,34)29-23-10-11-23/h5-8,12-15,20,23,29H,4,9-11,16-19H2,1-3H3,(H,28,32)/t20-/m1/s1. The van der Waals surface area contributed by atoms with E-state index in [4.69, 9.17) is 9.47 Å². The van der Waals surface area contributed by atoms with E-state index in [2.05, 4.69) is 10.0 Å². The predicted octanol–water partition coefficient (Wildman–Crippen LogP) is 2.64. The molecule has 0 unspecified atom stereocenters. The van der Waals surface area contributed by atoms with Gasteiger partial charge in [0.05, 0.1) is 12.0 Å². The number of hydrogen-bond acceptors (Lipinski definition) is 6. The highest BCUT2D eigenvalue weighted by atomic mass is 32.2. The van der Waals surface area contributed by atoms with Crippen molar-refractivity contribution in [3.05, 3.63) is 59.7 Å². The minimum atomic E-state index is -3.52. The molecule has 1 saturated carbocycles. The van der Waals surface area contributed by atoms with Crippen molar-refractivity contribution in [1.29, 1.82) is 0 Å². The van der Waals surface area contributed by atoms with Crippen molar-refractivity contribution in [2.45, 2.75) is 62.6 Å². The molecule has 1 aliphatic rings. The van der Waals surface area contributed by atoms with Gasteiger partial charge in [0.15, 0.2) is 0 Å². The zero-order valence-corrected chi connectivity index (χ0v) is 22.6. The summed E-state index contributed by atoms with van der Waals surface area (Å²) in [5.41, 5.74) is 1.73. The molecule has 9 nitrogen and oxygen atoms in total. The van der Waals surface area contributed by atoms with Crippen LogP contribution in [0.25, 0.3) is 0 Å². The van der Waals surface area contributed by atoms with Gasteiger partial charge in [0.25, 0.3) is 0 Å². The Kier molecular flexibility index (Phi) is 10.5. The van der Waals surface area contributed by atoms with Gasteiger partial charge in [-0.2, -0.15) is 0 Å². The van der Waals surface area contributed by atoms with Gasteiger partial charge in [-0.05, 0) is 68.0 Å². The van der Waals surface area contributed by atoms with E-state index in [9.17, 15) is 18.0 Å². The number of hydrogen-bond donors (Lipinski definition) is 2. The van der Waals surface area contributed by atoms with Crippen LogP contribution in [0.2, 0.25) is 0 Å². The van der Waals surface area contributed by atoms with E-state index in [1.807, 2.05) is 24.3 Å². The Balaban J connectivity index is 1.65. The molecular formula is C27H37N3O6S. The summed E-state index contributed by atoms with van der Waals surface area (Å²) >= 11 is 0. The van der Waals surface area contributed by atoms with Crippen molar-refractivity contribution in [2.75, 3.05) is 27.4 Å². The second-order valence-corrected chi connectivity index (χ2v) is 10.9. The predicted molar refractivity (Wildman–Crippen MR) is 141 cm³/mol. The number of sulfonamides is 1. The molecule has 0 aliphatic heterocycles. The lowest BCUT2D eigenvalue weighted by atomic mass is 10.1. The summed E-state index contributed by atoms with van der Waals surface area (Å²) in [6, 6.07) is 13.3. The molecule has 0 radical (unpaired) electrons. The Bertz CT molecular complexity index is 1130. The first-order valence-corrected chi connectivity index (χ1v) is 14.0. The van der Waals surface area contributed by atoms with Crippen LogP contribution in [0.4, 0.5) is 0 Å². The lowest BCUT2D eigenvalue weighted by Crippen LogP contribution is -2.48. The first-order chi connectivity index (χ1) is 17.7. The number of rotatable bonds is 15. The third kappa shape index (κ3) is 8.84. The fourth-order valence-electron chi connectivity index (χ4n) is 3.80. The molecule has 1 atom stereocenters. The molecule has 2 N–H and O–H groups in total. The average molecular weight is 532 g/mol. The van der Waals surface area contributed by atoms with Crippen molar-refractivity contribution >= 4 is 21.8 Å². The van der Waals surface area contributed by atoms with E-state index in [1.54, 1.807) is 50.3 Å². The molecule has 2 amide bonds. The lowest BCUT2D eigenvalue weighted by molar-refractivity contribution is -0.140. The summed E-state index contributed by atoms with van der Waals surface area (Å²) < 4.78 is 37.7. The summed E-state index contributed by atoms with van der Waals surface area (Å²) in [5, 5.41) is 2.87. The minimum absolute atomic E-state index is 0.0400. The fourth-order valence-corrected chi connectivity index (χ4v) is 5.11. The van der Waals surface area contributed by atoms with Crippen molar-refractivity contribution in [3.63, 3.8) is 0 Å². The van der Waals surface area contributed by atoms with Gasteiger partial charge in [-0.25, -0.2) is 13.1 Å². The van der Waals surface area contributed by atoms with Gasteiger partial charge in [-0.1, -0.05) is 24.3 Å². The topological polar surface area (TPSA) is 114 Å². The van der Waals surface area contributed by atoms with Gasteiger partial charge >= 0.3 is 0 Å². The smallest absolute Gasteiger partial charge is 0.242 e. The van der Waals surface area contributed by atoms with Crippen LogP contribution in [0.3, 0.4) is 0 Å². The summed E-state index contributed by atoms with van der Waals surface area (Å²) in [6.45, 7) is 3.01. The molecule has 3 rings (SSSR count). The van der Waals surface area contributed by atoms with Gasteiger partial charge < -0.3 is 19.7 Å². The molecule has 0 heterocycles. The largest absolute Gasteiger partial charge is 0.497 e. The highest BCUT2D eigenvalue weighted by molar-refractivity contribution is 7.89. The number of nitrogens with one attached hydrogen (secondary N) is 2. The molecule has 0 spiro atoms. The highest BCUT2D eigenvalue weighted by Crippen LogP contribution is 2.22. The van der Waals surface area contributed by atoms with E-state index < -0.39 is 16.1 Å². The number of aryl methyl sites for hydroxylation is 1. The van der Waals surface area contributed by atoms with Crippen LogP contribution in [0, 0.1) is 0 Å². The Morgan fingerprint density at radius 3 is 2.27 bits per heavy atom. The van der Waals surface area contributed by atoms with Crippen LogP contribution in [0.5, 0.6) is 5.75 Å². The van der Waals surface area contributed by atoms with Crippen molar-refractivity contribution in [2.24, 2.45) is 0 Å². The SMILES string of the molecule is COCCCNC(=O)[C@@H](C)N(Cc1ccc(OC)cc1)C(=O)CCc1ccc(S(=O)(=O)NC2CC2)cc1. The maximum absolute atomic E-state index is 13.3. The van der Waals surface area contributed by atoms with Gasteiger partial charge in [-0.3, -0.25) is 9.59 Å². The number of carbonyl (C=O) groups excluding carboxylic acids is 2. The normalized spacial score (nSPS) is 14.1. The summed E-state index contributed by atoms with van der Waals surface area (Å²) in [5.74, 6) is 0.321. The second kappa shape index (κ2) is 13.6. The van der Waals surface area contributed by atoms with Crippen LogP contribution in [0.1, 0.15) is 43.7 Å². The van der Waals surface area contributed by atoms with Crippen LogP contribution >= 0.6 is 0 Å². The number of carbonyl (C=O) groups is 2. The van der Waals surface area contributed by atoms with Crippen molar-refractivity contribution in [3.8, 4) is 5.75 Å². The number of ether oxygens (including phenoxy) is 2. The van der Waals surface area contributed by atoms with Crippen LogP contribution in [0.15, 0.2) is 53.4 Å². The molecule has 0 aromatic heterocycles. The lowest BCUT2D eigenvalue weighted by Gasteiger charge is -2.29. The first kappa shape index (κ1) is 28.6. The minimum Gasteiger partial charge on any atom is -0.497 e. The monoisotopic (exact) mass is 531 g/mol. The van der Waals surface area contributed by atoms with Crippen LogP contribution < -0.4 is 14.8 Å². The van der Waals surface area contributed by atoms with Crippen LogP contribution in [-0.2, 0) is 37.3 Å². The van der Waals surface area contributed by atoms with E-state index >= 15 is 0 Å². The third-order valence-electron chi connectivity index (χ3n) is 6.26. The molecule has 0 saturated heterocycles. The van der Waals surface area contributed by atoms with E-state index in [0.29, 0.717) is 31.7 Å². The number of methoxy groups -OCH3 is 2. The maximum Gasteiger partial charge on any atom is 0.242 e. The van der Waals surface area contributed by atoms with Gasteiger partial charge in [-0.15, -0.1) is 0 Å². The Labute approximate surface area is 219 Å². The van der Waals surface area contributed by atoms with Gasteiger partial charge in [0, 0.05) is 39.3 Å². The molecule has 1 fully saturated rings. The highest BCUT2D eigenvalue weighted by Gasteiger charge is 2.28. The zero-order chi connectivity index (χ0) is 26.8. The fraction of sp³-hybridized carbons (Fsp3) is 0.481. The number of nitrogens with zero attached hydrogens (tertiary/aromatic N) is 1. The molecule has 2 aromatic carbocycles. The summed E-state index contributed by atoms with van der Waals surface area (Å²) in [4.78, 5) is 27.9. The Morgan fingerprint density at radius 1 is 1.03 bits per heavy atom. The summed E-state index contributed by atoms with van der Waals surface area (Å²) in [6.07, 6.45) is 3.04. The first-order valence-electron chi connectivity index (χ1n) is 12.5. The number of amides is 2. The van der Waals surface area contributed by atoms with Crippen molar-refractivity contribution < 1.29 is 27.5 Å². The maximum atomic E-state index is 13.3.